The summed E-state index contributed by atoms with van der Waals surface area (Å²) < 4.78 is 0. The van der Waals surface area contributed by atoms with Gasteiger partial charge in [0, 0.05) is 37.7 Å². The molecule has 1 amide bonds. The van der Waals surface area contributed by atoms with Crippen LogP contribution in [0.1, 0.15) is 109 Å². The number of rotatable bonds is 9. The van der Waals surface area contributed by atoms with E-state index < -0.39 is 0 Å². The van der Waals surface area contributed by atoms with Crippen molar-refractivity contribution in [1.82, 2.24) is 9.80 Å². The van der Waals surface area contributed by atoms with Crippen molar-refractivity contribution in [1.29, 1.82) is 5.41 Å². The summed E-state index contributed by atoms with van der Waals surface area (Å²) in [6, 6.07) is 14.7. The van der Waals surface area contributed by atoms with Crippen LogP contribution in [0.2, 0.25) is 0 Å². The van der Waals surface area contributed by atoms with Crippen molar-refractivity contribution in [3.8, 4) is 0 Å². The number of anilines is 1. The second-order valence-electron chi connectivity index (χ2n) is 10.7. The predicted octanol–water partition coefficient (Wildman–Crippen LogP) is 10.7. The molecule has 2 N–H and O–H groups in total. The molecule has 2 aromatic carbocycles. The highest BCUT2D eigenvalue weighted by molar-refractivity contribution is 6.08. The highest BCUT2D eigenvalue weighted by Crippen LogP contribution is 2.33. The zero-order chi connectivity index (χ0) is 33.7. The van der Waals surface area contributed by atoms with Gasteiger partial charge in [-0.3, -0.25) is 4.79 Å². The molecule has 0 atom stereocenters. The van der Waals surface area contributed by atoms with E-state index in [-0.39, 0.29) is 5.91 Å². The molecule has 0 spiro atoms. The van der Waals surface area contributed by atoms with E-state index in [4.69, 9.17) is 5.41 Å². The number of hydrogen-bond acceptors (Lipinski definition) is 4. The predicted molar refractivity (Wildman–Crippen MR) is 196 cm³/mol. The summed E-state index contributed by atoms with van der Waals surface area (Å²) in [4.78, 5) is 16.7. The lowest BCUT2D eigenvalue weighted by molar-refractivity contribution is -0.113. The third kappa shape index (κ3) is 12.8. The van der Waals surface area contributed by atoms with Crippen LogP contribution in [-0.2, 0) is 4.79 Å². The van der Waals surface area contributed by atoms with Gasteiger partial charge in [-0.15, -0.1) is 0 Å². The molecular formula is C39H60N4O. The molecule has 2 aromatic rings. The molecule has 5 nitrogen and oxygen atoms in total. The van der Waals surface area contributed by atoms with Crippen LogP contribution < -0.4 is 5.32 Å². The Labute approximate surface area is 270 Å². The summed E-state index contributed by atoms with van der Waals surface area (Å²) in [7, 11) is 1.81. The molecule has 0 unspecified atom stereocenters. The number of amides is 1. The van der Waals surface area contributed by atoms with Crippen LogP contribution >= 0.6 is 0 Å². The Hall–Kier alpha value is -3.86. The minimum atomic E-state index is -0.226. The van der Waals surface area contributed by atoms with Crippen LogP contribution in [0.25, 0.3) is 11.3 Å². The van der Waals surface area contributed by atoms with Gasteiger partial charge < -0.3 is 20.5 Å². The van der Waals surface area contributed by atoms with E-state index in [1.54, 1.807) is 18.1 Å². The second kappa shape index (κ2) is 22.6. The van der Waals surface area contributed by atoms with E-state index in [1.807, 2.05) is 58.9 Å². The first kappa shape index (κ1) is 40.1. The molecule has 5 heteroatoms. The van der Waals surface area contributed by atoms with Crippen LogP contribution in [0.4, 0.5) is 5.69 Å². The van der Waals surface area contributed by atoms with Crippen molar-refractivity contribution in [2.24, 2.45) is 0 Å². The number of hydrogen-bond donors (Lipinski definition) is 2. The van der Waals surface area contributed by atoms with Gasteiger partial charge in [-0.2, -0.15) is 0 Å². The Morgan fingerprint density at radius 2 is 1.50 bits per heavy atom. The largest absolute Gasteiger partial charge is 0.371 e. The fourth-order valence-electron chi connectivity index (χ4n) is 4.55. The molecular weight excluding hydrogens is 540 g/mol. The Morgan fingerprint density at radius 1 is 0.977 bits per heavy atom. The zero-order valence-corrected chi connectivity index (χ0v) is 29.4. The summed E-state index contributed by atoms with van der Waals surface area (Å²) in [6.45, 7) is 28.5. The fraction of sp³-hybridized carbons (Fsp3) is 0.436. The second-order valence-corrected chi connectivity index (χ2v) is 10.7. The molecule has 0 bridgehead atoms. The molecule has 1 saturated heterocycles. The minimum absolute atomic E-state index is 0.226. The van der Waals surface area contributed by atoms with Gasteiger partial charge >= 0.3 is 0 Å². The number of piperidine rings is 1. The molecule has 0 radical (unpaired) electrons. The first-order chi connectivity index (χ1) is 21.1. The van der Waals surface area contributed by atoms with Crippen molar-refractivity contribution in [3.63, 3.8) is 0 Å². The van der Waals surface area contributed by atoms with E-state index in [1.165, 1.54) is 24.6 Å². The third-order valence-electron chi connectivity index (χ3n) is 6.94. The maximum atomic E-state index is 12.7. The number of likely N-dealkylation sites (tertiary alicyclic amines) is 1. The van der Waals surface area contributed by atoms with Crippen LogP contribution in [0, 0.1) is 12.3 Å². The van der Waals surface area contributed by atoms with Crippen molar-refractivity contribution >= 4 is 29.1 Å². The van der Waals surface area contributed by atoms with Crippen LogP contribution in [-0.4, -0.2) is 42.1 Å². The highest BCUT2D eigenvalue weighted by Gasteiger charge is 2.22. The maximum absolute atomic E-state index is 12.7. The molecule has 3 rings (SSSR count). The Bertz CT molecular complexity index is 1210. The Kier molecular flexibility index (Phi) is 20.7. The number of aryl methyl sites for hydroxylation is 1. The summed E-state index contributed by atoms with van der Waals surface area (Å²) in [5.74, 6) is 0.292. The monoisotopic (exact) mass is 600 g/mol. The van der Waals surface area contributed by atoms with Gasteiger partial charge in [0.15, 0.2) is 0 Å². The number of benzene rings is 2. The number of likely N-dealkylation sites (N-methyl/N-ethyl adjacent to an activating group) is 1. The molecule has 0 aliphatic carbocycles. The van der Waals surface area contributed by atoms with E-state index in [0.717, 1.165) is 59.6 Å². The summed E-state index contributed by atoms with van der Waals surface area (Å²) in [6.07, 6.45) is 11.7. The van der Waals surface area contributed by atoms with Crippen molar-refractivity contribution in [2.75, 3.05) is 25.5 Å². The van der Waals surface area contributed by atoms with E-state index >= 15 is 0 Å². The van der Waals surface area contributed by atoms with Gasteiger partial charge in [0.25, 0.3) is 5.91 Å². The van der Waals surface area contributed by atoms with Crippen LogP contribution in [0.5, 0.6) is 0 Å². The van der Waals surface area contributed by atoms with Gasteiger partial charge in [0.05, 0.1) is 5.70 Å². The standard InChI is InChI=1S/C31H38N4O.2C3H8.C2H6/c1-7-17-34(6)24(5)31(36)33-30-20-29(10-9-22(30)3)23(4)35-18-15-28(16-19-35)27-13-11-26(12-14-27)25(8-2)21-32;2*1-3-2;1-2/h7-14,17,20-21,28,32H,4-5,15-16,18-19H2,1-3,6H3,(H,33,36);2*3H2,1-2H3;1-2H3/b17-7-,25-8+,32-21?;;;. The lowest BCUT2D eigenvalue weighted by Crippen LogP contribution is -2.31. The number of nitrogens with one attached hydrogen (secondary N) is 2. The quantitative estimate of drug-likeness (QED) is 0.222. The van der Waals surface area contributed by atoms with Crippen molar-refractivity contribution in [2.45, 2.75) is 93.9 Å². The van der Waals surface area contributed by atoms with Gasteiger partial charge in [-0.25, -0.2) is 0 Å². The van der Waals surface area contributed by atoms with Crippen molar-refractivity contribution in [3.05, 3.63) is 102 Å². The number of allylic oxidation sites excluding steroid dienone is 3. The molecule has 242 valence electrons. The Balaban J connectivity index is 0.00000209. The summed E-state index contributed by atoms with van der Waals surface area (Å²) in [5, 5.41) is 10.6. The minimum Gasteiger partial charge on any atom is -0.371 e. The van der Waals surface area contributed by atoms with E-state index in [0.29, 0.717) is 11.6 Å². The molecule has 0 aromatic heterocycles. The third-order valence-corrected chi connectivity index (χ3v) is 6.94. The first-order valence-corrected chi connectivity index (χ1v) is 16.3. The molecule has 1 aliphatic rings. The number of nitrogens with zero attached hydrogens (tertiary/aromatic N) is 2. The summed E-state index contributed by atoms with van der Waals surface area (Å²) in [5.41, 5.74) is 7.52. The van der Waals surface area contributed by atoms with Crippen molar-refractivity contribution < 1.29 is 4.79 Å². The number of carbonyl (C=O) groups is 1. The average Bonchev–Trinajstić information content (AvgIpc) is 3.04. The van der Waals surface area contributed by atoms with E-state index in [2.05, 4.69) is 81.4 Å². The highest BCUT2D eigenvalue weighted by atomic mass is 16.2. The molecule has 0 saturated carbocycles. The molecule has 1 aliphatic heterocycles. The Morgan fingerprint density at radius 3 is 1.98 bits per heavy atom. The average molecular weight is 601 g/mol. The van der Waals surface area contributed by atoms with E-state index in [9.17, 15) is 4.79 Å². The fourth-order valence-corrected chi connectivity index (χ4v) is 4.55. The zero-order valence-electron chi connectivity index (χ0n) is 29.4. The smallest absolute Gasteiger partial charge is 0.271 e. The molecule has 1 fully saturated rings. The number of carbonyl (C=O) groups excluding carboxylic acids is 1. The van der Waals surface area contributed by atoms with Gasteiger partial charge in [-0.1, -0.05) is 116 Å². The topological polar surface area (TPSA) is 59.4 Å². The van der Waals surface area contributed by atoms with Crippen LogP contribution in [0.3, 0.4) is 0 Å². The van der Waals surface area contributed by atoms with Gasteiger partial charge in [0.1, 0.15) is 0 Å². The maximum Gasteiger partial charge on any atom is 0.271 e. The normalized spacial score (nSPS) is 12.9. The van der Waals surface area contributed by atoms with Gasteiger partial charge in [-0.05, 0) is 79.6 Å². The SMILES string of the molecule is C=C(C(=O)Nc1cc(C(=C)N2CCC(c3ccc(/C(C=N)=C/C)cc3)CC2)ccc1C)N(C)/C=C\C.CC.CCC.CCC. The lowest BCUT2D eigenvalue weighted by Gasteiger charge is -2.35. The molecule has 1 heterocycles. The lowest BCUT2D eigenvalue weighted by atomic mass is 9.88. The van der Waals surface area contributed by atoms with Crippen LogP contribution in [0.15, 0.2) is 79.7 Å². The van der Waals surface area contributed by atoms with Gasteiger partial charge in [0.2, 0.25) is 0 Å². The molecule has 44 heavy (non-hydrogen) atoms. The first-order valence-electron chi connectivity index (χ1n) is 16.3. The summed E-state index contributed by atoms with van der Waals surface area (Å²) >= 11 is 0.